The molecule has 0 spiro atoms. The highest BCUT2D eigenvalue weighted by molar-refractivity contribution is 7.46. The van der Waals surface area contributed by atoms with E-state index in [1.165, 1.54) is 0 Å². The fraction of sp³-hybridized carbons (Fsp3) is 1.00. The molecule has 0 radical (unpaired) electrons. The molecule has 0 rings (SSSR count). The first-order valence-electron chi connectivity index (χ1n) is 2.28. The zero-order valence-corrected chi connectivity index (χ0v) is 6.69. The van der Waals surface area contributed by atoms with E-state index in [4.69, 9.17) is 0 Å². The zero-order chi connectivity index (χ0) is 7.49. The minimum absolute atomic E-state index is 0.438. The van der Waals surface area contributed by atoms with Gasteiger partial charge in [0.25, 0.3) is 7.82 Å². The maximum absolute atomic E-state index is 10.3. The predicted octanol–water partition coefficient (Wildman–Crippen LogP) is 1.05. The quantitative estimate of drug-likeness (QED) is 0.599. The van der Waals surface area contributed by atoms with Gasteiger partial charge in [-0.15, -0.1) is 0 Å². The summed E-state index contributed by atoms with van der Waals surface area (Å²) in [7, 11) is -4.21. The highest BCUT2D eigenvalue weighted by atomic mass is 35.5. The standard InChI is InChI=1S/C3H8ClO4P/c1-3(2)7-9(5,6)8-4/h3H,1-2H3,(H,5,6)/p-1. The Balaban J connectivity index is 3.73. The molecule has 0 aliphatic rings. The molecule has 0 heterocycles. The Hall–Kier alpha value is 0.400. The fourth-order valence-electron chi connectivity index (χ4n) is 0.274. The van der Waals surface area contributed by atoms with Crippen molar-refractivity contribution in [3.05, 3.63) is 0 Å². The molecule has 0 fully saturated rings. The molecule has 0 aromatic carbocycles. The molecular formula is C3H7ClO4P-. The van der Waals surface area contributed by atoms with Crippen molar-refractivity contribution in [3.8, 4) is 0 Å². The Morgan fingerprint density at radius 3 is 2.22 bits per heavy atom. The summed E-state index contributed by atoms with van der Waals surface area (Å²) in [5.74, 6) is 0. The van der Waals surface area contributed by atoms with E-state index in [-0.39, 0.29) is 0 Å². The molecule has 0 aliphatic heterocycles. The molecule has 0 saturated heterocycles. The molecule has 0 saturated carbocycles. The average Bonchev–Trinajstić information content (AvgIpc) is 1.63. The second-order valence-electron chi connectivity index (χ2n) is 1.67. The number of hydrogen-bond donors (Lipinski definition) is 0. The molecule has 9 heavy (non-hydrogen) atoms. The lowest BCUT2D eigenvalue weighted by molar-refractivity contribution is -0.219. The lowest BCUT2D eigenvalue weighted by Crippen LogP contribution is -2.09. The monoisotopic (exact) mass is 173 g/mol. The lowest BCUT2D eigenvalue weighted by Gasteiger charge is -2.20. The third kappa shape index (κ3) is 4.88. The van der Waals surface area contributed by atoms with Gasteiger partial charge in [0.15, 0.2) is 0 Å². The van der Waals surface area contributed by atoms with E-state index in [1.54, 1.807) is 13.8 Å². The van der Waals surface area contributed by atoms with Crippen LogP contribution in [0.15, 0.2) is 0 Å². The summed E-state index contributed by atoms with van der Waals surface area (Å²) in [5, 5.41) is 0. The van der Waals surface area contributed by atoms with Gasteiger partial charge < -0.3 is 9.42 Å². The van der Waals surface area contributed by atoms with Crippen LogP contribution in [0.2, 0.25) is 0 Å². The second kappa shape index (κ2) is 3.54. The maximum atomic E-state index is 10.3. The van der Waals surface area contributed by atoms with Crippen molar-refractivity contribution in [2.75, 3.05) is 0 Å². The van der Waals surface area contributed by atoms with E-state index >= 15 is 0 Å². The van der Waals surface area contributed by atoms with Crippen molar-refractivity contribution < 1.29 is 18.1 Å². The molecule has 0 aromatic heterocycles. The molecule has 6 heteroatoms. The largest absolute Gasteiger partial charge is 0.755 e. The van der Waals surface area contributed by atoms with Gasteiger partial charge >= 0.3 is 0 Å². The van der Waals surface area contributed by atoms with Crippen molar-refractivity contribution in [2.45, 2.75) is 20.0 Å². The fourth-order valence-corrected chi connectivity index (χ4v) is 0.921. The van der Waals surface area contributed by atoms with Crippen LogP contribution in [0.5, 0.6) is 0 Å². The molecule has 1 atom stereocenters. The Morgan fingerprint density at radius 1 is 1.67 bits per heavy atom. The van der Waals surface area contributed by atoms with Crippen LogP contribution in [-0.4, -0.2) is 6.10 Å². The normalized spacial score (nSPS) is 17.9. The van der Waals surface area contributed by atoms with Crippen molar-refractivity contribution in [2.24, 2.45) is 0 Å². The second-order valence-corrected chi connectivity index (χ2v) is 3.33. The number of phosphoric ester groups is 1. The summed E-state index contributed by atoms with van der Waals surface area (Å²) in [4.78, 5) is 10.3. The molecule has 0 N–H and O–H groups in total. The number of halogens is 1. The molecule has 0 aromatic rings. The number of rotatable bonds is 3. The van der Waals surface area contributed by atoms with Crippen LogP contribution in [0.4, 0.5) is 0 Å². The van der Waals surface area contributed by atoms with Crippen molar-refractivity contribution >= 4 is 19.7 Å². The third-order valence-corrected chi connectivity index (χ3v) is 1.78. The maximum Gasteiger partial charge on any atom is 0.285 e. The number of phosphoric acid groups is 1. The van der Waals surface area contributed by atoms with Gasteiger partial charge in [-0.2, -0.15) is 0 Å². The Morgan fingerprint density at radius 2 is 2.11 bits per heavy atom. The van der Waals surface area contributed by atoms with E-state index in [2.05, 4.69) is 20.5 Å². The first-order valence-corrected chi connectivity index (χ1v) is 4.04. The Kier molecular flexibility index (Phi) is 3.70. The zero-order valence-electron chi connectivity index (χ0n) is 5.04. The summed E-state index contributed by atoms with van der Waals surface area (Å²) in [6.45, 7) is 3.11. The van der Waals surface area contributed by atoms with Gasteiger partial charge in [0.1, 0.15) is 0 Å². The van der Waals surface area contributed by atoms with Crippen LogP contribution in [0.25, 0.3) is 0 Å². The van der Waals surface area contributed by atoms with E-state index in [0.29, 0.717) is 0 Å². The van der Waals surface area contributed by atoms with Crippen LogP contribution >= 0.6 is 19.7 Å². The average molecular weight is 174 g/mol. The molecule has 0 bridgehead atoms. The van der Waals surface area contributed by atoms with Gasteiger partial charge in [0, 0.05) is 0 Å². The van der Waals surface area contributed by atoms with E-state index in [9.17, 15) is 9.46 Å². The molecule has 4 nitrogen and oxygen atoms in total. The van der Waals surface area contributed by atoms with Crippen LogP contribution in [0.1, 0.15) is 13.8 Å². The van der Waals surface area contributed by atoms with Crippen LogP contribution in [0.3, 0.4) is 0 Å². The minimum Gasteiger partial charge on any atom is -0.755 e. The summed E-state index contributed by atoms with van der Waals surface area (Å²) in [6.07, 6.45) is -0.438. The highest BCUT2D eigenvalue weighted by Crippen LogP contribution is 2.40. The number of hydrogen-bond acceptors (Lipinski definition) is 4. The Bertz CT molecular complexity index is 125. The topological polar surface area (TPSA) is 58.6 Å². The van der Waals surface area contributed by atoms with Gasteiger partial charge in [0.05, 0.1) is 18.0 Å². The summed E-state index contributed by atoms with van der Waals surface area (Å²) >= 11 is 4.54. The SMILES string of the molecule is CC(C)OP(=O)([O-])OCl. The van der Waals surface area contributed by atoms with Crippen LogP contribution < -0.4 is 4.89 Å². The lowest BCUT2D eigenvalue weighted by atomic mass is 10.5. The van der Waals surface area contributed by atoms with Gasteiger partial charge in [-0.25, -0.2) is 4.08 Å². The predicted molar refractivity (Wildman–Crippen MR) is 30.8 cm³/mol. The summed E-state index contributed by atoms with van der Waals surface area (Å²) in [5.41, 5.74) is 0. The third-order valence-electron chi connectivity index (χ3n) is 0.424. The van der Waals surface area contributed by atoms with E-state index in [1.807, 2.05) is 0 Å². The first kappa shape index (κ1) is 9.40. The molecule has 0 amide bonds. The van der Waals surface area contributed by atoms with Gasteiger partial charge in [-0.3, -0.25) is 4.57 Å². The summed E-state index contributed by atoms with van der Waals surface area (Å²) < 4.78 is 18.0. The van der Waals surface area contributed by atoms with Gasteiger partial charge in [-0.05, 0) is 13.8 Å². The smallest absolute Gasteiger partial charge is 0.285 e. The molecule has 56 valence electrons. The first-order chi connectivity index (χ1) is 3.98. The molecule has 1 unspecified atom stereocenters. The Labute approximate surface area is 58.5 Å². The molecular weight excluding hydrogens is 166 g/mol. The molecule has 0 aliphatic carbocycles. The van der Waals surface area contributed by atoms with E-state index < -0.39 is 13.9 Å². The van der Waals surface area contributed by atoms with Crippen LogP contribution in [0, 0.1) is 0 Å². The van der Waals surface area contributed by atoms with Crippen LogP contribution in [-0.2, 0) is 13.2 Å². The van der Waals surface area contributed by atoms with E-state index in [0.717, 1.165) is 0 Å². The minimum atomic E-state index is -4.21. The van der Waals surface area contributed by atoms with Crippen molar-refractivity contribution in [3.63, 3.8) is 0 Å². The van der Waals surface area contributed by atoms with Gasteiger partial charge in [-0.1, -0.05) is 0 Å². The summed E-state index contributed by atoms with van der Waals surface area (Å²) in [6, 6.07) is 0. The van der Waals surface area contributed by atoms with Crippen molar-refractivity contribution in [1.29, 1.82) is 0 Å². The van der Waals surface area contributed by atoms with Gasteiger partial charge in [0.2, 0.25) is 0 Å². The van der Waals surface area contributed by atoms with Crippen molar-refractivity contribution in [1.82, 2.24) is 0 Å². The highest BCUT2D eigenvalue weighted by Gasteiger charge is 2.09.